The van der Waals surface area contributed by atoms with Gasteiger partial charge >= 0.3 is 0 Å². The molecule has 18 rings (SSSR count). The van der Waals surface area contributed by atoms with Crippen molar-refractivity contribution < 1.29 is 9.15 Å². The van der Waals surface area contributed by atoms with E-state index in [1.54, 1.807) is 0 Å². The van der Waals surface area contributed by atoms with Crippen LogP contribution in [0.5, 0.6) is 11.5 Å². The largest absolute Gasteiger partial charge is 0.458 e. The summed E-state index contributed by atoms with van der Waals surface area (Å²) in [6, 6.07) is 84.2. The highest BCUT2D eigenvalue weighted by Crippen LogP contribution is 2.48. The Bertz CT molecular complexity index is 4750. The highest BCUT2D eigenvalue weighted by Gasteiger charge is 2.45. The third-order valence-corrected chi connectivity index (χ3v) is 16.7. The van der Waals surface area contributed by atoms with E-state index < -0.39 is 0 Å². The van der Waals surface area contributed by atoms with Gasteiger partial charge in [0.25, 0.3) is 13.4 Å². The average molecular weight is 941 g/mol. The van der Waals surface area contributed by atoms with E-state index in [9.17, 15) is 0 Å². The van der Waals surface area contributed by atoms with Gasteiger partial charge in [-0.2, -0.15) is 0 Å². The number of ether oxygens (including phenoxy) is 1. The van der Waals surface area contributed by atoms with Crippen LogP contribution < -0.4 is 47.3 Å². The predicted octanol–water partition coefficient (Wildman–Crippen LogP) is 12.8. The van der Waals surface area contributed by atoms with E-state index in [2.05, 4.69) is 249 Å². The molecule has 14 aromatic rings. The first-order chi connectivity index (χ1) is 36.7. The molecular weight excluding hydrogens is 902 g/mol. The fourth-order valence-electron chi connectivity index (χ4n) is 13.8. The second-order valence-corrected chi connectivity index (χ2v) is 20.3. The van der Waals surface area contributed by atoms with Crippen molar-refractivity contribution in [2.45, 2.75) is 0 Å². The van der Waals surface area contributed by atoms with Crippen LogP contribution in [0.3, 0.4) is 0 Å². The van der Waals surface area contributed by atoms with Crippen molar-refractivity contribution in [1.82, 2.24) is 9.13 Å². The molecule has 11 aromatic carbocycles. The van der Waals surface area contributed by atoms with Crippen molar-refractivity contribution in [2.24, 2.45) is 0 Å². The fourth-order valence-corrected chi connectivity index (χ4v) is 13.8. The Morgan fingerprint density at radius 1 is 0.338 bits per heavy atom. The van der Waals surface area contributed by atoms with Crippen molar-refractivity contribution in [3.05, 3.63) is 231 Å². The molecule has 8 heteroatoms. The Labute approximate surface area is 425 Å². The number of anilines is 6. The summed E-state index contributed by atoms with van der Waals surface area (Å²) in [6.07, 6.45) is 0. The maximum atomic E-state index is 7.33. The molecule has 340 valence electrons. The van der Waals surface area contributed by atoms with E-state index in [1.165, 1.54) is 71.2 Å². The van der Waals surface area contributed by atoms with Gasteiger partial charge in [0.05, 0.1) is 27.8 Å². The number of nitrogens with zero attached hydrogens (tertiary/aromatic N) is 4. The highest BCUT2D eigenvalue weighted by atomic mass is 16.5. The Balaban J connectivity index is 0.901. The summed E-state index contributed by atoms with van der Waals surface area (Å²) in [7, 11) is 0. The molecule has 0 spiro atoms. The monoisotopic (exact) mass is 940 g/mol. The van der Waals surface area contributed by atoms with E-state index in [1.807, 2.05) is 0 Å². The van der Waals surface area contributed by atoms with Crippen molar-refractivity contribution in [3.8, 4) is 22.9 Å². The molecule has 4 aliphatic rings. The Hall–Kier alpha value is -9.65. The molecule has 0 fully saturated rings. The molecule has 0 bridgehead atoms. The molecule has 0 atom stereocenters. The number of fused-ring (bicyclic) bond motifs is 19. The van der Waals surface area contributed by atoms with Crippen molar-refractivity contribution in [2.75, 3.05) is 9.80 Å². The van der Waals surface area contributed by atoms with Crippen molar-refractivity contribution in [3.63, 3.8) is 0 Å². The number of rotatable bonds is 4. The molecule has 0 amide bonds. The maximum absolute atomic E-state index is 7.33. The van der Waals surface area contributed by atoms with Gasteiger partial charge in [0, 0.05) is 90.3 Å². The summed E-state index contributed by atoms with van der Waals surface area (Å²) >= 11 is 0. The molecule has 0 saturated heterocycles. The number of benzene rings is 11. The highest BCUT2D eigenvalue weighted by molar-refractivity contribution is 7.01. The minimum atomic E-state index is -0.116. The topological polar surface area (TPSA) is 38.7 Å². The summed E-state index contributed by atoms with van der Waals surface area (Å²) in [6.45, 7) is -0.116. The fraction of sp³-hybridized carbons (Fsp3) is 0. The molecule has 0 unspecified atom stereocenters. The van der Waals surface area contributed by atoms with Gasteiger partial charge in [0.1, 0.15) is 22.7 Å². The number of furan rings is 1. The first-order valence-electron chi connectivity index (χ1n) is 25.6. The lowest BCUT2D eigenvalue weighted by molar-refractivity contribution is 0.487. The quantitative estimate of drug-likeness (QED) is 0.165. The number of hydrogen-bond donors (Lipinski definition) is 0. The molecule has 3 aromatic heterocycles. The second-order valence-electron chi connectivity index (χ2n) is 20.3. The van der Waals surface area contributed by atoms with Gasteiger partial charge in [-0.05, 0) is 106 Å². The van der Waals surface area contributed by atoms with Gasteiger partial charge in [-0.3, -0.25) is 0 Å². The van der Waals surface area contributed by atoms with Gasteiger partial charge in [0.2, 0.25) is 0 Å². The van der Waals surface area contributed by atoms with Crippen molar-refractivity contribution in [1.29, 1.82) is 0 Å². The van der Waals surface area contributed by atoms with Gasteiger partial charge in [-0.1, -0.05) is 140 Å². The minimum Gasteiger partial charge on any atom is -0.458 e. The van der Waals surface area contributed by atoms with Crippen LogP contribution in [0.15, 0.2) is 235 Å². The smallest absolute Gasteiger partial charge is 0.256 e. The third-order valence-electron chi connectivity index (χ3n) is 16.7. The molecule has 0 saturated carbocycles. The summed E-state index contributed by atoms with van der Waals surface area (Å²) in [5, 5.41) is 7.31. The van der Waals surface area contributed by atoms with E-state index in [0.717, 1.165) is 84.2 Å². The van der Waals surface area contributed by atoms with Crippen molar-refractivity contribution >= 4 is 146 Å². The number of hydrogen-bond acceptors (Lipinski definition) is 4. The Morgan fingerprint density at radius 2 is 0.878 bits per heavy atom. The van der Waals surface area contributed by atoms with Crippen LogP contribution in [0.2, 0.25) is 0 Å². The lowest BCUT2D eigenvalue weighted by atomic mass is 9.34. The van der Waals surface area contributed by atoms with Crippen LogP contribution in [-0.4, -0.2) is 22.6 Å². The normalized spacial score (nSPS) is 13.4. The molecule has 74 heavy (non-hydrogen) atoms. The SMILES string of the molecule is c1ccc(N(c2ccccc2)c2cc3c4c(c2)N(c2ccccc2)c2ccccc2B4c2cc4c(cc2O3)oc2cc3c(cc24)B2c4ccccc4-n4c5ccccc5c5cc6c7ccccc7n-3c6c2c54)cc1. The molecule has 4 aliphatic heterocycles. The maximum Gasteiger partial charge on any atom is 0.256 e. The molecule has 6 nitrogen and oxygen atoms in total. The van der Waals surface area contributed by atoms with Gasteiger partial charge < -0.3 is 28.1 Å². The van der Waals surface area contributed by atoms with Crippen LogP contribution in [0.4, 0.5) is 34.1 Å². The zero-order valence-corrected chi connectivity index (χ0v) is 39.7. The summed E-state index contributed by atoms with van der Waals surface area (Å²) < 4.78 is 19.5. The summed E-state index contributed by atoms with van der Waals surface area (Å²) in [4.78, 5) is 4.75. The third kappa shape index (κ3) is 4.92. The van der Waals surface area contributed by atoms with E-state index in [4.69, 9.17) is 9.15 Å². The molecule has 0 N–H and O–H groups in total. The van der Waals surface area contributed by atoms with Gasteiger partial charge in [0.15, 0.2) is 0 Å². The van der Waals surface area contributed by atoms with Crippen LogP contribution in [0, 0.1) is 0 Å². The number of para-hydroxylation sites is 7. The second kappa shape index (κ2) is 14.1. The van der Waals surface area contributed by atoms with Crippen LogP contribution in [0.1, 0.15) is 0 Å². The van der Waals surface area contributed by atoms with Crippen LogP contribution in [0.25, 0.3) is 76.9 Å². The average Bonchev–Trinajstić information content (AvgIpc) is 4.23. The van der Waals surface area contributed by atoms with Gasteiger partial charge in [-0.15, -0.1) is 0 Å². The first kappa shape index (κ1) is 39.0. The zero-order valence-electron chi connectivity index (χ0n) is 39.7. The van der Waals surface area contributed by atoms with Gasteiger partial charge in [-0.25, -0.2) is 0 Å². The lowest BCUT2D eigenvalue weighted by Crippen LogP contribution is -2.59. The molecule has 0 aliphatic carbocycles. The van der Waals surface area contributed by atoms with E-state index in [-0.39, 0.29) is 13.4 Å². The van der Waals surface area contributed by atoms with Crippen LogP contribution >= 0.6 is 0 Å². The summed E-state index contributed by atoms with van der Waals surface area (Å²) in [5.41, 5.74) is 23.0. The molecular formula is C66H38B2N4O2. The number of aromatic nitrogens is 2. The predicted molar refractivity (Wildman–Crippen MR) is 308 cm³/mol. The standard InChI is InChI=1S/C66H38B2N4O2/c1-4-18-39(19-5-1)69(40-20-6-2-7-21-40)42-32-58-63-62(33-42)74-61-38-60-46(36-52(61)68(63)49-26-12-16-30-55(49)70(58)41-22-8-3-9-23-41)45-35-51-57(37-59(45)73-60)72-54-29-15-11-25-44(54)48-34-47-43-24-10-14-28-53(43)71-56-31-17-13-27-50(56)67(51)64(65(47)71)66(48)72/h1-38H. The zero-order chi connectivity index (χ0) is 47.9. The van der Waals surface area contributed by atoms with E-state index >= 15 is 0 Å². The van der Waals surface area contributed by atoms with Crippen LogP contribution in [-0.2, 0) is 0 Å². The Morgan fingerprint density at radius 3 is 1.57 bits per heavy atom. The molecule has 7 heterocycles. The van der Waals surface area contributed by atoms with E-state index in [0.29, 0.717) is 0 Å². The molecule has 0 radical (unpaired) electrons. The first-order valence-corrected chi connectivity index (χ1v) is 25.6. The summed E-state index contributed by atoms with van der Waals surface area (Å²) in [5.74, 6) is 1.63. The Kier molecular flexibility index (Phi) is 7.41. The minimum absolute atomic E-state index is 0.000458. The lowest BCUT2D eigenvalue weighted by Gasteiger charge is -2.41.